The molecule has 0 aliphatic heterocycles. The van der Waals surface area contributed by atoms with Gasteiger partial charge in [-0.2, -0.15) is 0 Å². The molecule has 140 valence electrons. The molecule has 0 fully saturated rings. The molecular formula is C19H24N2O5. The van der Waals surface area contributed by atoms with Crippen molar-refractivity contribution in [3.05, 3.63) is 41.3 Å². The molecule has 1 N–H and O–H groups in total. The van der Waals surface area contributed by atoms with E-state index >= 15 is 0 Å². The molecule has 0 saturated carbocycles. The quantitative estimate of drug-likeness (QED) is 0.757. The third-order valence-corrected chi connectivity index (χ3v) is 3.70. The van der Waals surface area contributed by atoms with Crippen molar-refractivity contribution in [3.63, 3.8) is 0 Å². The Bertz CT molecular complexity index is 765. The Kier molecular flexibility index (Phi) is 6.38. The smallest absolute Gasteiger partial charge is 0.344 e. The molecule has 26 heavy (non-hydrogen) atoms. The van der Waals surface area contributed by atoms with Crippen LogP contribution in [0.15, 0.2) is 28.8 Å². The van der Waals surface area contributed by atoms with Gasteiger partial charge in [-0.05, 0) is 45.0 Å². The molecule has 1 aromatic heterocycles. The van der Waals surface area contributed by atoms with Crippen molar-refractivity contribution in [1.82, 2.24) is 5.16 Å². The lowest BCUT2D eigenvalue weighted by molar-refractivity contribution is -0.123. The van der Waals surface area contributed by atoms with E-state index in [9.17, 15) is 9.59 Å². The van der Waals surface area contributed by atoms with Crippen LogP contribution in [-0.2, 0) is 9.53 Å². The molecule has 1 heterocycles. The van der Waals surface area contributed by atoms with Gasteiger partial charge in [0.15, 0.2) is 11.9 Å². The lowest BCUT2D eigenvalue weighted by atomic mass is 10.1. The first kappa shape index (κ1) is 19.5. The number of nitrogens with zero attached hydrogens (tertiary/aromatic N) is 1. The van der Waals surface area contributed by atoms with Gasteiger partial charge in [-0.3, -0.25) is 4.79 Å². The maximum absolute atomic E-state index is 12.4. The number of benzene rings is 1. The summed E-state index contributed by atoms with van der Waals surface area (Å²) in [4.78, 5) is 24.7. The van der Waals surface area contributed by atoms with E-state index in [2.05, 4.69) is 10.5 Å². The Morgan fingerprint density at radius 3 is 2.42 bits per heavy atom. The molecule has 0 aliphatic rings. The van der Waals surface area contributed by atoms with Crippen molar-refractivity contribution in [3.8, 4) is 5.75 Å². The average molecular weight is 360 g/mol. The van der Waals surface area contributed by atoms with Crippen LogP contribution in [0.4, 0.5) is 5.69 Å². The molecule has 1 amide bonds. The van der Waals surface area contributed by atoms with Gasteiger partial charge in [0.25, 0.3) is 5.91 Å². The van der Waals surface area contributed by atoms with Crippen LogP contribution in [-0.4, -0.2) is 29.7 Å². The third-order valence-electron chi connectivity index (χ3n) is 3.70. The zero-order chi connectivity index (χ0) is 19.3. The number of ether oxygens (including phenoxy) is 2. The number of rotatable bonds is 7. The predicted molar refractivity (Wildman–Crippen MR) is 96.4 cm³/mol. The highest BCUT2D eigenvalue weighted by Gasteiger charge is 2.27. The summed E-state index contributed by atoms with van der Waals surface area (Å²) in [5, 5.41) is 6.52. The van der Waals surface area contributed by atoms with Crippen LogP contribution in [0.25, 0.3) is 0 Å². The summed E-state index contributed by atoms with van der Waals surface area (Å²) in [6, 6.07) is 6.95. The molecule has 0 bridgehead atoms. The fraction of sp³-hybridized carbons (Fsp3) is 0.421. The molecule has 2 rings (SSSR count). The average Bonchev–Trinajstić information content (AvgIpc) is 2.98. The van der Waals surface area contributed by atoms with Crippen molar-refractivity contribution in [2.45, 2.75) is 46.6 Å². The second-order valence-electron chi connectivity index (χ2n) is 6.16. The van der Waals surface area contributed by atoms with E-state index in [1.54, 1.807) is 31.2 Å². The maximum Gasteiger partial charge on any atom is 0.344 e. The van der Waals surface area contributed by atoms with E-state index in [1.807, 2.05) is 20.8 Å². The van der Waals surface area contributed by atoms with Gasteiger partial charge < -0.3 is 19.3 Å². The van der Waals surface area contributed by atoms with E-state index in [1.165, 1.54) is 6.92 Å². The molecular weight excluding hydrogens is 336 g/mol. The Morgan fingerprint density at radius 2 is 1.85 bits per heavy atom. The van der Waals surface area contributed by atoms with Gasteiger partial charge in [-0.25, -0.2) is 4.79 Å². The van der Waals surface area contributed by atoms with Crippen molar-refractivity contribution in [2.24, 2.45) is 0 Å². The maximum atomic E-state index is 12.4. The Balaban J connectivity index is 2.00. The SMILES string of the molecule is CCOc1ccc(NC(=O)[C@@H](C)OC(=O)c2c(C)noc2C(C)C)cc1. The summed E-state index contributed by atoms with van der Waals surface area (Å²) < 4.78 is 15.8. The van der Waals surface area contributed by atoms with Gasteiger partial charge in [0.1, 0.15) is 11.3 Å². The number of carbonyl (C=O) groups is 2. The fourth-order valence-electron chi connectivity index (χ4n) is 2.35. The summed E-state index contributed by atoms with van der Waals surface area (Å²) in [7, 11) is 0. The molecule has 0 saturated heterocycles. The van der Waals surface area contributed by atoms with Crippen LogP contribution in [0.3, 0.4) is 0 Å². The first-order valence-electron chi connectivity index (χ1n) is 8.54. The molecule has 7 heteroatoms. The molecule has 0 spiro atoms. The van der Waals surface area contributed by atoms with Crippen molar-refractivity contribution in [2.75, 3.05) is 11.9 Å². The van der Waals surface area contributed by atoms with Gasteiger partial charge in [-0.15, -0.1) is 0 Å². The highest BCUT2D eigenvalue weighted by Crippen LogP contribution is 2.23. The van der Waals surface area contributed by atoms with E-state index in [-0.39, 0.29) is 11.5 Å². The zero-order valence-corrected chi connectivity index (χ0v) is 15.7. The first-order chi connectivity index (χ1) is 12.3. The van der Waals surface area contributed by atoms with Crippen LogP contribution < -0.4 is 10.1 Å². The number of aromatic nitrogens is 1. The van der Waals surface area contributed by atoms with Gasteiger partial charge in [-0.1, -0.05) is 19.0 Å². The molecule has 2 aromatic rings. The molecule has 0 radical (unpaired) electrons. The minimum atomic E-state index is -0.969. The van der Waals surface area contributed by atoms with Crippen molar-refractivity contribution in [1.29, 1.82) is 0 Å². The van der Waals surface area contributed by atoms with Gasteiger partial charge in [0, 0.05) is 11.6 Å². The van der Waals surface area contributed by atoms with Gasteiger partial charge >= 0.3 is 5.97 Å². The standard InChI is InChI=1S/C19H24N2O5/c1-6-24-15-9-7-14(8-10-15)20-18(22)13(5)25-19(23)16-12(4)21-26-17(16)11(2)3/h7-11,13H,6H2,1-5H3,(H,20,22)/t13-/m1/s1. The van der Waals surface area contributed by atoms with Crippen LogP contribution >= 0.6 is 0 Å². The van der Waals surface area contributed by atoms with E-state index < -0.39 is 18.0 Å². The van der Waals surface area contributed by atoms with E-state index in [4.69, 9.17) is 14.0 Å². The lowest BCUT2D eigenvalue weighted by Crippen LogP contribution is -2.30. The van der Waals surface area contributed by atoms with Crippen LogP contribution in [0.1, 0.15) is 55.4 Å². The first-order valence-corrected chi connectivity index (χ1v) is 8.54. The van der Waals surface area contributed by atoms with Crippen LogP contribution in [0.2, 0.25) is 0 Å². The summed E-state index contributed by atoms with van der Waals surface area (Å²) in [6.45, 7) is 9.42. The summed E-state index contributed by atoms with van der Waals surface area (Å²) >= 11 is 0. The monoisotopic (exact) mass is 360 g/mol. The number of carbonyl (C=O) groups excluding carboxylic acids is 2. The number of esters is 1. The molecule has 0 aliphatic carbocycles. The minimum absolute atomic E-state index is 0.0215. The molecule has 7 nitrogen and oxygen atoms in total. The Labute approximate surface area is 152 Å². The third kappa shape index (κ3) is 4.62. The predicted octanol–water partition coefficient (Wildman–Crippen LogP) is 3.69. The van der Waals surface area contributed by atoms with Crippen LogP contribution in [0, 0.1) is 6.92 Å². The normalized spacial score (nSPS) is 11.9. The van der Waals surface area contributed by atoms with Gasteiger partial charge in [0.2, 0.25) is 0 Å². The minimum Gasteiger partial charge on any atom is -0.494 e. The molecule has 0 unspecified atom stereocenters. The highest BCUT2D eigenvalue weighted by atomic mass is 16.5. The Hall–Kier alpha value is -2.83. The molecule has 1 atom stereocenters. The number of anilines is 1. The number of nitrogens with one attached hydrogen (secondary N) is 1. The zero-order valence-electron chi connectivity index (χ0n) is 15.7. The highest BCUT2D eigenvalue weighted by molar-refractivity contribution is 5.98. The summed E-state index contributed by atoms with van der Waals surface area (Å²) in [5.41, 5.74) is 1.31. The topological polar surface area (TPSA) is 90.7 Å². The summed E-state index contributed by atoms with van der Waals surface area (Å²) in [6.07, 6.45) is -0.969. The fourth-order valence-corrected chi connectivity index (χ4v) is 2.35. The summed E-state index contributed by atoms with van der Waals surface area (Å²) in [5.74, 6) is 0.0944. The second-order valence-corrected chi connectivity index (χ2v) is 6.16. The number of hydrogen-bond donors (Lipinski definition) is 1. The largest absolute Gasteiger partial charge is 0.494 e. The van der Waals surface area contributed by atoms with Crippen LogP contribution in [0.5, 0.6) is 5.75 Å². The van der Waals surface area contributed by atoms with E-state index in [0.29, 0.717) is 29.5 Å². The van der Waals surface area contributed by atoms with E-state index in [0.717, 1.165) is 0 Å². The van der Waals surface area contributed by atoms with Crippen molar-refractivity contribution >= 4 is 17.6 Å². The van der Waals surface area contributed by atoms with Gasteiger partial charge in [0.05, 0.1) is 12.3 Å². The second kappa shape index (κ2) is 8.51. The van der Waals surface area contributed by atoms with Crippen molar-refractivity contribution < 1.29 is 23.6 Å². The number of amides is 1. The Morgan fingerprint density at radius 1 is 1.19 bits per heavy atom. The molecule has 1 aromatic carbocycles. The number of aryl methyl sites for hydroxylation is 1. The lowest BCUT2D eigenvalue weighted by Gasteiger charge is -2.14. The number of hydrogen-bond acceptors (Lipinski definition) is 6.